The van der Waals surface area contributed by atoms with Crippen LogP contribution in [-0.4, -0.2) is 21.9 Å². The number of fused-ring (bicyclic) bond motifs is 1. The number of halogens is 4. The summed E-state index contributed by atoms with van der Waals surface area (Å²) in [6.45, 7) is 0.253. The molecule has 0 aliphatic carbocycles. The lowest BCUT2D eigenvalue weighted by atomic mass is 9.97. The van der Waals surface area contributed by atoms with Crippen LogP contribution in [0.4, 0.5) is 24.7 Å². The van der Waals surface area contributed by atoms with Crippen LogP contribution >= 0.6 is 15.9 Å². The highest BCUT2D eigenvalue weighted by molar-refractivity contribution is 9.10. The molecular weight excluding hydrogens is 533 g/mol. The monoisotopic (exact) mass is 554 g/mol. The average Bonchev–Trinajstić information content (AvgIpc) is 3.31. The third kappa shape index (κ3) is 5.02. The van der Waals surface area contributed by atoms with Crippen molar-refractivity contribution in [2.45, 2.75) is 31.2 Å². The molecule has 184 valence electrons. The number of hydrogen-bond acceptors (Lipinski definition) is 3. The quantitative estimate of drug-likeness (QED) is 0.285. The highest BCUT2D eigenvalue weighted by atomic mass is 79.9. The van der Waals surface area contributed by atoms with Crippen molar-refractivity contribution in [2.24, 2.45) is 0 Å². The van der Waals surface area contributed by atoms with Crippen molar-refractivity contribution in [3.63, 3.8) is 0 Å². The normalized spacial score (nSPS) is 17.2. The van der Waals surface area contributed by atoms with Crippen molar-refractivity contribution in [3.8, 4) is 0 Å². The van der Waals surface area contributed by atoms with Gasteiger partial charge in [-0.25, -0.2) is 4.68 Å². The smallest absolute Gasteiger partial charge is 0.363 e. The molecule has 36 heavy (non-hydrogen) atoms. The molecule has 1 aliphatic heterocycles. The van der Waals surface area contributed by atoms with Crippen molar-refractivity contribution in [1.29, 1.82) is 0 Å². The Morgan fingerprint density at radius 2 is 1.64 bits per heavy atom. The minimum absolute atomic E-state index is 0.0528. The molecule has 0 unspecified atom stereocenters. The van der Waals surface area contributed by atoms with Gasteiger partial charge in [0.25, 0.3) is 5.91 Å². The number of anilines is 2. The Kier molecular flexibility index (Phi) is 6.57. The van der Waals surface area contributed by atoms with Crippen molar-refractivity contribution < 1.29 is 18.0 Å². The number of benzene rings is 3. The van der Waals surface area contributed by atoms with E-state index in [2.05, 4.69) is 26.3 Å². The van der Waals surface area contributed by atoms with Crippen LogP contribution in [0.15, 0.2) is 95.5 Å². The standard InChI is InChI=1S/C27H22BrF3N4O/c28-20-13-11-19(12-14-20)22-15-24(27(29,30)31)35-25(32-22)16-23(33-35)26(36)34(21-9-5-2-6-10-21)17-18-7-3-1-4-8-18/h1-14,16,22,24,32H,15,17H2/t22-,24+/m1/s1. The number of para-hydroxylation sites is 1. The Labute approximate surface area is 214 Å². The topological polar surface area (TPSA) is 50.2 Å². The predicted octanol–water partition coefficient (Wildman–Crippen LogP) is 7.15. The zero-order chi connectivity index (χ0) is 25.3. The minimum atomic E-state index is -4.53. The van der Waals surface area contributed by atoms with Gasteiger partial charge in [0.1, 0.15) is 5.82 Å². The van der Waals surface area contributed by atoms with Crippen LogP contribution in [0.2, 0.25) is 0 Å². The number of hydrogen-bond donors (Lipinski definition) is 1. The highest BCUT2D eigenvalue weighted by Crippen LogP contribution is 2.44. The summed E-state index contributed by atoms with van der Waals surface area (Å²) in [5.74, 6) is -0.317. The molecular formula is C27H22BrF3N4O. The molecule has 2 atom stereocenters. The molecule has 9 heteroatoms. The van der Waals surface area contributed by atoms with Gasteiger partial charge in [0, 0.05) is 22.6 Å². The molecule has 0 spiro atoms. The SMILES string of the molecule is O=C(c1cc2n(n1)[C@H](C(F)(F)F)C[C@H](c1ccc(Br)cc1)N2)N(Cc1ccccc1)c1ccccc1. The van der Waals surface area contributed by atoms with Gasteiger partial charge in [-0.2, -0.15) is 18.3 Å². The lowest BCUT2D eigenvalue weighted by Crippen LogP contribution is -2.36. The molecule has 5 rings (SSSR count). The number of rotatable bonds is 5. The fourth-order valence-corrected chi connectivity index (χ4v) is 4.65. The first kappa shape index (κ1) is 24.1. The van der Waals surface area contributed by atoms with Crippen LogP contribution in [0.1, 0.15) is 40.1 Å². The van der Waals surface area contributed by atoms with Crippen molar-refractivity contribution in [1.82, 2.24) is 9.78 Å². The van der Waals surface area contributed by atoms with Gasteiger partial charge in [0.05, 0.1) is 12.6 Å². The van der Waals surface area contributed by atoms with Crippen LogP contribution < -0.4 is 10.2 Å². The molecule has 0 bridgehead atoms. The number of alkyl halides is 3. The Hall–Kier alpha value is -3.59. The summed E-state index contributed by atoms with van der Waals surface area (Å²) in [5.41, 5.74) is 2.19. The van der Waals surface area contributed by atoms with Gasteiger partial charge in [0.2, 0.25) is 0 Å². The van der Waals surface area contributed by atoms with E-state index in [1.807, 2.05) is 48.5 Å². The van der Waals surface area contributed by atoms with Crippen LogP contribution in [0.3, 0.4) is 0 Å². The first-order chi connectivity index (χ1) is 17.3. The van der Waals surface area contributed by atoms with E-state index in [1.54, 1.807) is 36.4 Å². The third-order valence-electron chi connectivity index (χ3n) is 6.18. The molecule has 1 N–H and O–H groups in total. The summed E-state index contributed by atoms with van der Waals surface area (Å²) < 4.78 is 44.0. The lowest BCUT2D eigenvalue weighted by Gasteiger charge is -2.33. The summed E-state index contributed by atoms with van der Waals surface area (Å²) in [4.78, 5) is 15.2. The van der Waals surface area contributed by atoms with Crippen LogP contribution in [0.5, 0.6) is 0 Å². The fraction of sp³-hybridized carbons (Fsp3) is 0.185. The second kappa shape index (κ2) is 9.81. The summed E-state index contributed by atoms with van der Waals surface area (Å²) in [7, 11) is 0. The zero-order valence-corrected chi connectivity index (χ0v) is 20.6. The van der Waals surface area contributed by atoms with Crippen LogP contribution in [0.25, 0.3) is 0 Å². The van der Waals surface area contributed by atoms with E-state index in [0.717, 1.165) is 20.3 Å². The maximum Gasteiger partial charge on any atom is 0.410 e. The van der Waals surface area contributed by atoms with E-state index < -0.39 is 24.2 Å². The van der Waals surface area contributed by atoms with Gasteiger partial charge < -0.3 is 10.2 Å². The number of carbonyl (C=O) groups excluding carboxylic acids is 1. The van der Waals surface area contributed by atoms with Crippen LogP contribution in [-0.2, 0) is 6.54 Å². The number of nitrogens with one attached hydrogen (secondary N) is 1. The van der Waals surface area contributed by atoms with E-state index in [0.29, 0.717) is 5.69 Å². The van der Waals surface area contributed by atoms with Gasteiger partial charge in [-0.1, -0.05) is 76.6 Å². The number of carbonyl (C=O) groups is 1. The zero-order valence-electron chi connectivity index (χ0n) is 19.0. The van der Waals surface area contributed by atoms with E-state index in [4.69, 9.17) is 0 Å². The highest BCUT2D eigenvalue weighted by Gasteiger charge is 2.47. The molecule has 0 radical (unpaired) electrons. The fourth-order valence-electron chi connectivity index (χ4n) is 4.38. The summed E-state index contributed by atoms with van der Waals surface area (Å²) in [5, 5.41) is 7.32. The largest absolute Gasteiger partial charge is 0.410 e. The molecule has 0 saturated carbocycles. The average molecular weight is 555 g/mol. The molecule has 1 aromatic heterocycles. The lowest BCUT2D eigenvalue weighted by molar-refractivity contribution is -0.173. The molecule has 0 fully saturated rings. The molecule has 1 amide bonds. The van der Waals surface area contributed by atoms with Crippen molar-refractivity contribution in [2.75, 3.05) is 10.2 Å². The molecule has 3 aromatic carbocycles. The third-order valence-corrected chi connectivity index (χ3v) is 6.71. The van der Waals surface area contributed by atoms with Crippen molar-refractivity contribution in [3.05, 3.63) is 112 Å². The minimum Gasteiger partial charge on any atom is -0.363 e. The second-order valence-corrected chi connectivity index (χ2v) is 9.53. The Morgan fingerprint density at radius 3 is 2.28 bits per heavy atom. The maximum absolute atomic E-state index is 14.1. The van der Waals surface area contributed by atoms with Gasteiger partial charge >= 0.3 is 6.18 Å². The van der Waals surface area contributed by atoms with E-state index in [9.17, 15) is 18.0 Å². The molecule has 5 nitrogen and oxygen atoms in total. The molecule has 1 aliphatic rings. The van der Waals surface area contributed by atoms with E-state index in [-0.39, 0.29) is 24.5 Å². The second-order valence-electron chi connectivity index (χ2n) is 8.61. The Morgan fingerprint density at radius 1 is 1.00 bits per heavy atom. The number of amides is 1. The van der Waals surface area contributed by atoms with Gasteiger partial charge in [-0.15, -0.1) is 0 Å². The molecule has 2 heterocycles. The van der Waals surface area contributed by atoms with E-state index >= 15 is 0 Å². The first-order valence-electron chi connectivity index (χ1n) is 11.4. The summed E-state index contributed by atoms with van der Waals surface area (Å²) in [6, 6.07) is 24.6. The Balaban J connectivity index is 1.51. The maximum atomic E-state index is 14.1. The summed E-state index contributed by atoms with van der Waals surface area (Å²) >= 11 is 3.36. The van der Waals surface area contributed by atoms with Gasteiger partial charge in [-0.3, -0.25) is 4.79 Å². The summed E-state index contributed by atoms with van der Waals surface area (Å²) in [6.07, 6.45) is -4.76. The predicted molar refractivity (Wildman–Crippen MR) is 136 cm³/mol. The number of nitrogens with zero attached hydrogens (tertiary/aromatic N) is 3. The van der Waals surface area contributed by atoms with Crippen LogP contribution in [0, 0.1) is 0 Å². The first-order valence-corrected chi connectivity index (χ1v) is 12.2. The van der Waals surface area contributed by atoms with Gasteiger partial charge in [-0.05, 0) is 35.4 Å². The van der Waals surface area contributed by atoms with Gasteiger partial charge in [0.15, 0.2) is 11.7 Å². The number of aromatic nitrogens is 2. The van der Waals surface area contributed by atoms with Crippen molar-refractivity contribution >= 4 is 33.3 Å². The van der Waals surface area contributed by atoms with E-state index in [1.165, 1.54) is 11.0 Å². The molecule has 0 saturated heterocycles. The Bertz CT molecular complexity index is 1340. The molecule has 4 aromatic rings.